The quantitative estimate of drug-likeness (QED) is 0.610. The van der Waals surface area contributed by atoms with E-state index in [0.29, 0.717) is 34.6 Å². The first-order valence-corrected chi connectivity index (χ1v) is 9.22. The first kappa shape index (κ1) is 18.3. The number of piperidine rings is 1. The molecule has 1 aliphatic heterocycles. The third kappa shape index (κ3) is 3.29. The summed E-state index contributed by atoms with van der Waals surface area (Å²) in [6, 6.07) is 3.60. The molecule has 2 aromatic heterocycles. The van der Waals surface area contributed by atoms with E-state index >= 15 is 0 Å². The van der Waals surface area contributed by atoms with Crippen LogP contribution in [-0.2, 0) is 0 Å². The van der Waals surface area contributed by atoms with Crippen LogP contribution in [0.3, 0.4) is 0 Å². The molecule has 3 heterocycles. The second-order valence-corrected chi connectivity index (χ2v) is 6.88. The maximum atomic E-state index is 10.5. The van der Waals surface area contributed by atoms with Crippen LogP contribution in [0.25, 0.3) is 10.9 Å². The van der Waals surface area contributed by atoms with Gasteiger partial charge in [-0.2, -0.15) is 4.98 Å². The Balaban J connectivity index is 1.55. The fourth-order valence-corrected chi connectivity index (χ4v) is 3.69. The van der Waals surface area contributed by atoms with Gasteiger partial charge in [-0.15, -0.1) is 0 Å². The second kappa shape index (κ2) is 7.51. The zero-order chi connectivity index (χ0) is 19.7. The van der Waals surface area contributed by atoms with Gasteiger partial charge in [0.05, 0.1) is 19.7 Å². The monoisotopic (exact) mass is 384 g/mol. The fraction of sp³-hybridized carbons (Fsp3) is 0.421. The van der Waals surface area contributed by atoms with Crippen molar-refractivity contribution in [1.29, 1.82) is 0 Å². The summed E-state index contributed by atoms with van der Waals surface area (Å²) in [4.78, 5) is 18.4. The Morgan fingerprint density at radius 1 is 1.18 bits per heavy atom. The molecule has 4 rings (SSSR count). The molecule has 0 bridgehead atoms. The van der Waals surface area contributed by atoms with Gasteiger partial charge in [0.25, 0.3) is 0 Å². The third-order valence-electron chi connectivity index (χ3n) is 5.29. The number of rotatable bonds is 5. The van der Waals surface area contributed by atoms with Crippen LogP contribution in [0.15, 0.2) is 24.5 Å². The highest BCUT2D eigenvalue weighted by atomic mass is 16.5. The van der Waals surface area contributed by atoms with E-state index < -0.39 is 6.10 Å². The molecule has 9 nitrogen and oxygen atoms in total. The fourth-order valence-electron chi connectivity index (χ4n) is 3.69. The number of nitrogen functional groups attached to an aromatic ring is 1. The van der Waals surface area contributed by atoms with Crippen molar-refractivity contribution >= 4 is 22.7 Å². The van der Waals surface area contributed by atoms with Gasteiger partial charge in [-0.25, -0.2) is 9.97 Å². The van der Waals surface area contributed by atoms with Crippen molar-refractivity contribution in [3.63, 3.8) is 0 Å². The minimum atomic E-state index is -0.587. The van der Waals surface area contributed by atoms with Crippen LogP contribution in [0.5, 0.6) is 11.5 Å². The van der Waals surface area contributed by atoms with Crippen LogP contribution in [-0.4, -0.2) is 52.4 Å². The minimum absolute atomic E-state index is 0.143. The van der Waals surface area contributed by atoms with Gasteiger partial charge in [0.1, 0.15) is 17.7 Å². The van der Waals surface area contributed by atoms with Crippen LogP contribution < -0.4 is 20.1 Å². The SMILES string of the molecule is COc1cc2nc(N3CCC(C(O)c4ncc[nH]4)CC3)nc(N)c2cc1OC. The summed E-state index contributed by atoms with van der Waals surface area (Å²) in [7, 11) is 3.17. The van der Waals surface area contributed by atoms with E-state index in [1.807, 2.05) is 6.07 Å². The van der Waals surface area contributed by atoms with E-state index in [1.54, 1.807) is 32.7 Å². The molecule has 0 spiro atoms. The molecule has 1 aromatic carbocycles. The zero-order valence-electron chi connectivity index (χ0n) is 15.9. The van der Waals surface area contributed by atoms with Crippen LogP contribution >= 0.6 is 0 Å². The lowest BCUT2D eigenvalue weighted by Crippen LogP contribution is -2.37. The molecular weight excluding hydrogens is 360 g/mol. The van der Waals surface area contributed by atoms with Crippen molar-refractivity contribution in [2.24, 2.45) is 5.92 Å². The van der Waals surface area contributed by atoms with Gasteiger partial charge in [-0.05, 0) is 24.8 Å². The lowest BCUT2D eigenvalue weighted by molar-refractivity contribution is 0.0855. The maximum absolute atomic E-state index is 10.5. The molecule has 148 valence electrons. The van der Waals surface area contributed by atoms with Gasteiger partial charge in [-0.1, -0.05) is 0 Å². The lowest BCUT2D eigenvalue weighted by atomic mass is 9.91. The summed E-state index contributed by atoms with van der Waals surface area (Å²) in [6.07, 6.45) is 4.42. The minimum Gasteiger partial charge on any atom is -0.493 e. The highest BCUT2D eigenvalue weighted by Crippen LogP contribution is 2.35. The Morgan fingerprint density at radius 3 is 2.54 bits per heavy atom. The topological polar surface area (TPSA) is 122 Å². The summed E-state index contributed by atoms with van der Waals surface area (Å²) in [5.74, 6) is 2.93. The average molecular weight is 384 g/mol. The van der Waals surface area contributed by atoms with Crippen molar-refractivity contribution in [2.75, 3.05) is 37.9 Å². The molecule has 0 aliphatic carbocycles. The van der Waals surface area contributed by atoms with Crippen LogP contribution in [0.2, 0.25) is 0 Å². The summed E-state index contributed by atoms with van der Waals surface area (Å²) >= 11 is 0. The molecule has 0 amide bonds. The van der Waals surface area contributed by atoms with E-state index in [-0.39, 0.29) is 5.92 Å². The van der Waals surface area contributed by atoms with E-state index in [0.717, 1.165) is 31.3 Å². The number of hydrogen-bond donors (Lipinski definition) is 3. The second-order valence-electron chi connectivity index (χ2n) is 6.88. The summed E-state index contributed by atoms with van der Waals surface area (Å²) in [6.45, 7) is 1.47. The summed E-state index contributed by atoms with van der Waals surface area (Å²) in [5.41, 5.74) is 6.90. The number of H-pyrrole nitrogens is 1. The molecule has 1 atom stereocenters. The number of benzene rings is 1. The number of anilines is 2. The van der Waals surface area contributed by atoms with Gasteiger partial charge in [0.15, 0.2) is 11.5 Å². The van der Waals surface area contributed by atoms with Gasteiger partial charge >= 0.3 is 0 Å². The predicted octanol–water partition coefficient (Wildman–Crippen LogP) is 1.90. The number of hydrogen-bond acceptors (Lipinski definition) is 8. The first-order chi connectivity index (χ1) is 13.6. The molecule has 1 fully saturated rings. The Kier molecular flexibility index (Phi) is 4.91. The maximum Gasteiger partial charge on any atom is 0.227 e. The van der Waals surface area contributed by atoms with Gasteiger partial charge < -0.3 is 30.2 Å². The van der Waals surface area contributed by atoms with Crippen molar-refractivity contribution < 1.29 is 14.6 Å². The smallest absolute Gasteiger partial charge is 0.227 e. The molecule has 0 radical (unpaired) electrons. The summed E-state index contributed by atoms with van der Waals surface area (Å²) < 4.78 is 10.7. The summed E-state index contributed by atoms with van der Waals surface area (Å²) in [5, 5.41) is 11.2. The van der Waals surface area contributed by atoms with Crippen molar-refractivity contribution in [3.8, 4) is 11.5 Å². The number of ether oxygens (including phenoxy) is 2. The number of fused-ring (bicyclic) bond motifs is 1. The van der Waals surface area contributed by atoms with Crippen molar-refractivity contribution in [1.82, 2.24) is 19.9 Å². The number of aliphatic hydroxyl groups is 1. The number of aromatic amines is 1. The Bertz CT molecular complexity index is 954. The zero-order valence-corrected chi connectivity index (χ0v) is 15.9. The number of aliphatic hydroxyl groups excluding tert-OH is 1. The van der Waals surface area contributed by atoms with E-state index in [4.69, 9.17) is 15.2 Å². The Hall–Kier alpha value is -3.07. The van der Waals surface area contributed by atoms with Gasteiger partial charge in [0, 0.05) is 36.9 Å². The molecule has 4 N–H and O–H groups in total. The number of imidazole rings is 1. The molecule has 9 heteroatoms. The van der Waals surface area contributed by atoms with Crippen molar-refractivity contribution in [2.45, 2.75) is 18.9 Å². The molecule has 1 unspecified atom stereocenters. The highest BCUT2D eigenvalue weighted by molar-refractivity contribution is 5.91. The standard InChI is InChI=1S/C19H24N6O3/c1-27-14-9-12-13(10-15(14)28-2)23-19(24-17(12)20)25-7-3-11(4-8-25)16(26)18-21-5-6-22-18/h5-6,9-11,16,26H,3-4,7-8H2,1-2H3,(H,21,22)(H2,20,23,24). The predicted molar refractivity (Wildman–Crippen MR) is 106 cm³/mol. The van der Waals surface area contributed by atoms with E-state index in [1.165, 1.54) is 0 Å². The molecule has 28 heavy (non-hydrogen) atoms. The molecule has 1 saturated heterocycles. The number of nitrogens with two attached hydrogens (primary N) is 1. The van der Waals surface area contributed by atoms with Crippen LogP contribution in [0.4, 0.5) is 11.8 Å². The molecular formula is C19H24N6O3. The molecule has 1 aliphatic rings. The van der Waals surface area contributed by atoms with Crippen LogP contribution in [0.1, 0.15) is 24.8 Å². The molecule has 3 aromatic rings. The van der Waals surface area contributed by atoms with Crippen LogP contribution in [0, 0.1) is 5.92 Å². The van der Waals surface area contributed by atoms with Crippen molar-refractivity contribution in [3.05, 3.63) is 30.4 Å². The normalized spacial score (nSPS) is 16.3. The number of methoxy groups -OCH3 is 2. The number of nitrogens with one attached hydrogen (secondary N) is 1. The average Bonchev–Trinajstić information content (AvgIpc) is 3.27. The Morgan fingerprint density at radius 2 is 1.89 bits per heavy atom. The highest BCUT2D eigenvalue weighted by Gasteiger charge is 2.29. The first-order valence-electron chi connectivity index (χ1n) is 9.22. The molecule has 0 saturated carbocycles. The third-order valence-corrected chi connectivity index (χ3v) is 5.29. The van der Waals surface area contributed by atoms with Gasteiger partial charge in [-0.3, -0.25) is 0 Å². The Labute approximate surface area is 162 Å². The number of nitrogens with zero attached hydrogens (tertiary/aromatic N) is 4. The van der Waals surface area contributed by atoms with Gasteiger partial charge in [0.2, 0.25) is 5.95 Å². The van der Waals surface area contributed by atoms with E-state index in [9.17, 15) is 5.11 Å². The number of aromatic nitrogens is 4. The lowest BCUT2D eigenvalue weighted by Gasteiger charge is -2.33. The van der Waals surface area contributed by atoms with E-state index in [2.05, 4.69) is 24.8 Å². The largest absolute Gasteiger partial charge is 0.493 e.